The second kappa shape index (κ2) is 6.25. The van der Waals surface area contributed by atoms with Crippen molar-refractivity contribution < 1.29 is 22.1 Å². The molecule has 0 aromatic carbocycles. The highest BCUT2D eigenvalue weighted by Gasteiger charge is 1.88. The molecule has 5 nitrogen and oxygen atoms in total. The zero-order chi connectivity index (χ0) is 11.0. The summed E-state index contributed by atoms with van der Waals surface area (Å²) in [6.07, 6.45) is 5.91. The summed E-state index contributed by atoms with van der Waals surface area (Å²) in [7, 11) is -4.92. The minimum absolute atomic E-state index is 0.890. The molecule has 78 valence electrons. The minimum Gasteiger partial charge on any atom is -0.726 e. The van der Waals surface area contributed by atoms with Gasteiger partial charge in [0, 0.05) is 12.1 Å². The van der Waals surface area contributed by atoms with Gasteiger partial charge in [-0.05, 0) is 6.08 Å². The Hall–Kier alpha value is -1.24. The molecule has 0 saturated carbocycles. The van der Waals surface area contributed by atoms with E-state index in [1.54, 1.807) is 0 Å². The van der Waals surface area contributed by atoms with Crippen LogP contribution in [0.4, 0.5) is 0 Å². The lowest BCUT2D eigenvalue weighted by Gasteiger charge is -1.88. The van der Waals surface area contributed by atoms with Gasteiger partial charge in [0.25, 0.3) is 0 Å². The molecule has 0 unspecified atom stereocenters. The Morgan fingerprint density at radius 2 is 1.79 bits per heavy atom. The van der Waals surface area contributed by atoms with E-state index < -0.39 is 10.4 Å². The highest BCUT2D eigenvalue weighted by Crippen LogP contribution is 1.75. The van der Waals surface area contributed by atoms with E-state index in [4.69, 9.17) is 17.5 Å². The summed E-state index contributed by atoms with van der Waals surface area (Å²) in [6.45, 7) is 4.52. The molecule has 0 fully saturated rings. The maximum absolute atomic E-state index is 8.63. The molecule has 0 bridgehead atoms. The predicted octanol–water partition coefficient (Wildman–Crippen LogP) is 0.165. The van der Waals surface area contributed by atoms with Crippen molar-refractivity contribution >= 4 is 10.4 Å². The summed E-state index contributed by atoms with van der Waals surface area (Å²) in [5.41, 5.74) is 0. The number of allylic oxidation sites excluding steroid dienone is 1. The molecule has 1 rings (SSSR count). The van der Waals surface area contributed by atoms with E-state index in [0.717, 1.165) is 6.54 Å². The van der Waals surface area contributed by atoms with Gasteiger partial charge < -0.3 is 4.55 Å². The van der Waals surface area contributed by atoms with Crippen LogP contribution in [-0.2, 0) is 16.9 Å². The summed E-state index contributed by atoms with van der Waals surface area (Å²) in [5, 5.41) is 0. The Labute approximate surface area is 82.9 Å². The first-order chi connectivity index (χ1) is 6.43. The maximum atomic E-state index is 8.63. The molecule has 0 saturated heterocycles. The first kappa shape index (κ1) is 12.8. The van der Waals surface area contributed by atoms with Crippen LogP contribution in [0.25, 0.3) is 0 Å². The summed E-state index contributed by atoms with van der Waals surface area (Å²) >= 11 is 0. The summed E-state index contributed by atoms with van der Waals surface area (Å²) < 4.78 is 34.9. The summed E-state index contributed by atoms with van der Waals surface area (Å²) in [4.78, 5) is 0. The van der Waals surface area contributed by atoms with Crippen LogP contribution in [0.1, 0.15) is 0 Å². The quantitative estimate of drug-likeness (QED) is 0.331. The van der Waals surface area contributed by atoms with Crippen LogP contribution >= 0.6 is 0 Å². The van der Waals surface area contributed by atoms with Crippen LogP contribution in [-0.4, -0.2) is 17.5 Å². The average Bonchev–Trinajstić information content (AvgIpc) is 2.03. The molecule has 6 heteroatoms. The largest absolute Gasteiger partial charge is 0.726 e. The molecule has 1 heterocycles. The molecule has 1 aromatic rings. The van der Waals surface area contributed by atoms with Crippen LogP contribution in [0, 0.1) is 0 Å². The lowest BCUT2D eigenvalue weighted by atomic mass is 10.5. The van der Waals surface area contributed by atoms with Gasteiger partial charge in [0.15, 0.2) is 18.9 Å². The van der Waals surface area contributed by atoms with Crippen molar-refractivity contribution in [2.24, 2.45) is 0 Å². The van der Waals surface area contributed by atoms with E-state index in [0.29, 0.717) is 0 Å². The third-order valence-corrected chi connectivity index (χ3v) is 1.12. The fourth-order valence-electron chi connectivity index (χ4n) is 0.705. The van der Waals surface area contributed by atoms with Crippen molar-refractivity contribution in [3.8, 4) is 0 Å². The Morgan fingerprint density at radius 1 is 1.36 bits per heavy atom. The van der Waals surface area contributed by atoms with E-state index in [1.807, 2.05) is 36.7 Å². The monoisotopic (exact) mass is 217 g/mol. The molecule has 0 aliphatic rings. The minimum atomic E-state index is -4.92. The number of pyridine rings is 1. The molecule has 0 aliphatic carbocycles. The summed E-state index contributed by atoms with van der Waals surface area (Å²) in [6, 6.07) is 6.01. The number of hydrogen-bond acceptors (Lipinski definition) is 3. The lowest BCUT2D eigenvalue weighted by Crippen LogP contribution is -2.30. The van der Waals surface area contributed by atoms with Crippen molar-refractivity contribution in [2.45, 2.75) is 6.54 Å². The van der Waals surface area contributed by atoms with E-state index in [9.17, 15) is 0 Å². The Kier molecular flexibility index (Phi) is 5.70. The van der Waals surface area contributed by atoms with Crippen LogP contribution in [0.3, 0.4) is 0 Å². The van der Waals surface area contributed by atoms with Gasteiger partial charge in [-0.3, -0.25) is 4.55 Å². The molecule has 0 aliphatic heterocycles. The molecule has 1 aromatic heterocycles. The van der Waals surface area contributed by atoms with Gasteiger partial charge in [-0.25, -0.2) is 13.0 Å². The summed E-state index contributed by atoms with van der Waals surface area (Å²) in [5.74, 6) is 0. The van der Waals surface area contributed by atoms with Crippen molar-refractivity contribution in [3.63, 3.8) is 0 Å². The van der Waals surface area contributed by atoms with E-state index in [1.165, 1.54) is 0 Å². The molecule has 0 spiro atoms. The van der Waals surface area contributed by atoms with E-state index in [2.05, 4.69) is 11.1 Å². The van der Waals surface area contributed by atoms with Crippen molar-refractivity contribution in [2.75, 3.05) is 0 Å². The second-order valence-electron chi connectivity index (χ2n) is 2.29. The van der Waals surface area contributed by atoms with E-state index in [-0.39, 0.29) is 0 Å². The number of nitrogens with zero attached hydrogens (tertiary/aromatic N) is 1. The fourth-order valence-corrected chi connectivity index (χ4v) is 0.705. The first-order valence-electron chi connectivity index (χ1n) is 3.67. The highest BCUT2D eigenvalue weighted by atomic mass is 32.3. The molecule has 1 N–H and O–H groups in total. The maximum Gasteiger partial charge on any atom is 0.215 e. The SMILES string of the molecule is C=CC[n+]1ccccc1.O=S(=O)([O-])O. The topological polar surface area (TPSA) is 81.3 Å². The van der Waals surface area contributed by atoms with Crippen LogP contribution in [0.5, 0.6) is 0 Å². The zero-order valence-corrected chi connectivity index (χ0v) is 8.22. The molecular weight excluding hydrogens is 206 g/mol. The fraction of sp³-hybridized carbons (Fsp3) is 0.125. The Bertz CT molecular complexity index is 352. The molecular formula is C8H11NO4S. The number of rotatable bonds is 2. The van der Waals surface area contributed by atoms with Gasteiger partial charge in [-0.2, -0.15) is 0 Å². The zero-order valence-electron chi connectivity index (χ0n) is 7.41. The van der Waals surface area contributed by atoms with Crippen LogP contribution in [0.2, 0.25) is 0 Å². The Morgan fingerprint density at radius 3 is 2.14 bits per heavy atom. The van der Waals surface area contributed by atoms with Crippen LogP contribution < -0.4 is 4.57 Å². The van der Waals surface area contributed by atoms with E-state index >= 15 is 0 Å². The van der Waals surface area contributed by atoms with Gasteiger partial charge >= 0.3 is 0 Å². The smallest absolute Gasteiger partial charge is 0.215 e. The predicted molar refractivity (Wildman–Crippen MR) is 49.2 cm³/mol. The standard InChI is InChI=1S/C8H10N.H2O4S/c1-2-6-9-7-4-3-5-8-9;1-5(2,3)4/h2-5,7-8H,1,6H2;(H2,1,2,3,4)/q+1;/p-1. The van der Waals surface area contributed by atoms with Crippen molar-refractivity contribution in [3.05, 3.63) is 43.2 Å². The molecule has 14 heavy (non-hydrogen) atoms. The first-order valence-corrected chi connectivity index (χ1v) is 5.03. The molecule has 0 atom stereocenters. The Balaban J connectivity index is 0.000000292. The van der Waals surface area contributed by atoms with Crippen molar-refractivity contribution in [1.29, 1.82) is 0 Å². The van der Waals surface area contributed by atoms with Crippen LogP contribution in [0.15, 0.2) is 43.2 Å². The highest BCUT2D eigenvalue weighted by molar-refractivity contribution is 7.79. The van der Waals surface area contributed by atoms with Crippen molar-refractivity contribution in [1.82, 2.24) is 0 Å². The molecule has 0 amide bonds. The molecule has 0 radical (unpaired) electrons. The second-order valence-corrected chi connectivity index (χ2v) is 3.14. The third kappa shape index (κ3) is 10.8. The number of hydrogen-bond donors (Lipinski definition) is 1. The number of aromatic nitrogens is 1. The van der Waals surface area contributed by atoms with Gasteiger partial charge in [0.1, 0.15) is 0 Å². The normalized spacial score (nSPS) is 9.86. The lowest BCUT2D eigenvalue weighted by molar-refractivity contribution is -0.687. The van der Waals surface area contributed by atoms with Gasteiger partial charge in [-0.1, -0.05) is 12.6 Å². The van der Waals surface area contributed by atoms with Gasteiger partial charge in [-0.15, -0.1) is 0 Å². The van der Waals surface area contributed by atoms with Gasteiger partial charge in [0.2, 0.25) is 10.4 Å². The average molecular weight is 217 g/mol. The van der Waals surface area contributed by atoms with Gasteiger partial charge in [0.05, 0.1) is 0 Å². The third-order valence-electron chi connectivity index (χ3n) is 1.12.